The van der Waals surface area contributed by atoms with Gasteiger partial charge in [0.25, 0.3) is 5.91 Å². The predicted octanol–water partition coefficient (Wildman–Crippen LogP) is 3.36. The van der Waals surface area contributed by atoms with Gasteiger partial charge in [0.15, 0.2) is 0 Å². The van der Waals surface area contributed by atoms with Gasteiger partial charge >= 0.3 is 0 Å². The van der Waals surface area contributed by atoms with Crippen molar-refractivity contribution in [3.8, 4) is 5.75 Å². The fourth-order valence-electron chi connectivity index (χ4n) is 3.93. The van der Waals surface area contributed by atoms with Crippen LogP contribution >= 0.6 is 0 Å². The second kappa shape index (κ2) is 9.74. The van der Waals surface area contributed by atoms with E-state index in [-0.39, 0.29) is 11.9 Å². The lowest BCUT2D eigenvalue weighted by Gasteiger charge is -2.37. The summed E-state index contributed by atoms with van der Waals surface area (Å²) in [6.45, 7) is 4.88. The third-order valence-corrected chi connectivity index (χ3v) is 5.67. The number of pyridine rings is 1. The van der Waals surface area contributed by atoms with E-state index >= 15 is 0 Å². The van der Waals surface area contributed by atoms with Crippen LogP contribution in [0.5, 0.6) is 5.75 Å². The van der Waals surface area contributed by atoms with Gasteiger partial charge in [-0.2, -0.15) is 0 Å². The summed E-state index contributed by atoms with van der Waals surface area (Å²) in [5.74, 6) is 2.18. The molecule has 1 aromatic carbocycles. The molecule has 1 fully saturated rings. The number of nitrogens with zero attached hydrogens (tertiary/aromatic N) is 3. The van der Waals surface area contributed by atoms with E-state index in [4.69, 9.17) is 4.74 Å². The molecule has 156 valence electrons. The first kappa shape index (κ1) is 21.1. The smallest absolute Gasteiger partial charge is 0.255 e. The highest BCUT2D eigenvalue weighted by Crippen LogP contribution is 2.32. The van der Waals surface area contributed by atoms with Crippen molar-refractivity contribution in [3.63, 3.8) is 0 Å². The molecule has 1 amide bonds. The van der Waals surface area contributed by atoms with Crippen LogP contribution in [0.25, 0.3) is 0 Å². The normalized spacial score (nSPS) is 16.3. The Hall–Kier alpha value is -2.60. The van der Waals surface area contributed by atoms with Crippen LogP contribution in [0.1, 0.15) is 41.7 Å². The van der Waals surface area contributed by atoms with E-state index in [1.54, 1.807) is 19.4 Å². The average Bonchev–Trinajstić information content (AvgIpc) is 2.75. The van der Waals surface area contributed by atoms with Crippen molar-refractivity contribution in [2.45, 2.75) is 25.8 Å². The van der Waals surface area contributed by atoms with Gasteiger partial charge in [0.2, 0.25) is 0 Å². The maximum absolute atomic E-state index is 13.0. The quantitative estimate of drug-likeness (QED) is 0.778. The van der Waals surface area contributed by atoms with Gasteiger partial charge in [-0.3, -0.25) is 9.69 Å². The number of para-hydroxylation sites is 1. The minimum absolute atomic E-state index is 0.0714. The fraction of sp³-hybridized carbons (Fsp3) is 0.478. The van der Waals surface area contributed by atoms with Crippen molar-refractivity contribution >= 4 is 11.7 Å². The van der Waals surface area contributed by atoms with Gasteiger partial charge in [0.05, 0.1) is 18.7 Å². The van der Waals surface area contributed by atoms with Crippen LogP contribution in [0.15, 0.2) is 42.6 Å². The Morgan fingerprint density at radius 2 is 1.97 bits per heavy atom. The zero-order chi connectivity index (χ0) is 20.8. The number of hydrogen-bond acceptors (Lipinski definition) is 5. The summed E-state index contributed by atoms with van der Waals surface area (Å²) in [4.78, 5) is 21.6. The first-order valence-corrected chi connectivity index (χ1v) is 10.3. The van der Waals surface area contributed by atoms with E-state index in [1.165, 1.54) is 12.8 Å². The highest BCUT2D eigenvalue weighted by Gasteiger charge is 2.27. The maximum atomic E-state index is 13.0. The van der Waals surface area contributed by atoms with Crippen molar-refractivity contribution in [1.82, 2.24) is 15.2 Å². The molecule has 0 saturated carbocycles. The number of nitrogens with one attached hydrogen (secondary N) is 1. The summed E-state index contributed by atoms with van der Waals surface area (Å²) >= 11 is 0. The lowest BCUT2D eigenvalue weighted by atomic mass is 9.95. The molecular weight excluding hydrogens is 364 g/mol. The van der Waals surface area contributed by atoms with Gasteiger partial charge < -0.3 is 15.0 Å². The number of benzene rings is 1. The molecule has 2 heterocycles. The van der Waals surface area contributed by atoms with Gasteiger partial charge in [-0.05, 0) is 50.0 Å². The number of likely N-dealkylation sites (tertiary alicyclic amines) is 1. The molecule has 6 nitrogen and oxygen atoms in total. The van der Waals surface area contributed by atoms with Crippen molar-refractivity contribution < 1.29 is 9.53 Å². The van der Waals surface area contributed by atoms with Gasteiger partial charge in [0.1, 0.15) is 11.6 Å². The van der Waals surface area contributed by atoms with Crippen LogP contribution in [0.3, 0.4) is 0 Å². The SMILES string of the molecule is COc1ccccc1C(CNC(=O)c1cccnc1N(C)C)N1CCC(C)CC1. The van der Waals surface area contributed by atoms with E-state index in [2.05, 4.69) is 28.2 Å². The van der Waals surface area contributed by atoms with Crippen molar-refractivity contribution in [3.05, 3.63) is 53.7 Å². The summed E-state index contributed by atoms with van der Waals surface area (Å²) in [5, 5.41) is 3.15. The van der Waals surface area contributed by atoms with Gasteiger partial charge in [-0.1, -0.05) is 25.1 Å². The largest absolute Gasteiger partial charge is 0.496 e. The van der Waals surface area contributed by atoms with Crippen LogP contribution in [0.2, 0.25) is 0 Å². The molecule has 0 bridgehead atoms. The molecule has 0 aliphatic carbocycles. The molecule has 1 aromatic heterocycles. The fourth-order valence-corrected chi connectivity index (χ4v) is 3.93. The second-order valence-corrected chi connectivity index (χ2v) is 7.96. The van der Waals surface area contributed by atoms with Crippen molar-refractivity contribution in [1.29, 1.82) is 0 Å². The number of carbonyl (C=O) groups excluding carboxylic acids is 1. The highest BCUT2D eigenvalue weighted by atomic mass is 16.5. The topological polar surface area (TPSA) is 57.7 Å². The zero-order valence-corrected chi connectivity index (χ0v) is 17.9. The minimum Gasteiger partial charge on any atom is -0.496 e. The minimum atomic E-state index is -0.105. The Morgan fingerprint density at radius 3 is 2.66 bits per heavy atom. The lowest BCUT2D eigenvalue weighted by Crippen LogP contribution is -2.42. The summed E-state index contributed by atoms with van der Waals surface area (Å²) < 4.78 is 5.62. The standard InChI is InChI=1S/C23H32N4O2/c1-17-11-14-27(15-12-17)20(18-8-5-6-10-21(18)29-4)16-25-23(28)19-9-7-13-24-22(19)26(2)3/h5-10,13,17,20H,11-12,14-16H2,1-4H3,(H,25,28). The molecule has 1 N–H and O–H groups in total. The molecule has 1 atom stereocenters. The predicted molar refractivity (Wildman–Crippen MR) is 117 cm³/mol. The maximum Gasteiger partial charge on any atom is 0.255 e. The first-order valence-electron chi connectivity index (χ1n) is 10.3. The van der Waals surface area contributed by atoms with Crippen molar-refractivity contribution in [2.75, 3.05) is 45.7 Å². The lowest BCUT2D eigenvalue weighted by molar-refractivity contribution is 0.0911. The van der Waals surface area contributed by atoms with E-state index in [9.17, 15) is 4.79 Å². The molecule has 1 aliphatic rings. The Morgan fingerprint density at radius 1 is 1.24 bits per heavy atom. The summed E-state index contributed by atoms with van der Waals surface area (Å²) in [6.07, 6.45) is 4.05. The van der Waals surface area contributed by atoms with Crippen LogP contribution in [-0.4, -0.2) is 56.6 Å². The molecule has 6 heteroatoms. The Kier molecular flexibility index (Phi) is 7.09. The third-order valence-electron chi connectivity index (χ3n) is 5.67. The molecular formula is C23H32N4O2. The molecule has 0 spiro atoms. The summed E-state index contributed by atoms with van der Waals surface area (Å²) in [5.41, 5.74) is 1.70. The Bertz CT molecular complexity index is 816. The number of ether oxygens (including phenoxy) is 1. The highest BCUT2D eigenvalue weighted by molar-refractivity contribution is 5.98. The number of carbonyl (C=O) groups is 1. The number of piperidine rings is 1. The van der Waals surface area contributed by atoms with Gasteiger partial charge in [-0.25, -0.2) is 4.98 Å². The van der Waals surface area contributed by atoms with E-state index < -0.39 is 0 Å². The third kappa shape index (κ3) is 5.07. The number of anilines is 1. The van der Waals surface area contributed by atoms with Crippen LogP contribution in [-0.2, 0) is 0 Å². The molecule has 1 aliphatic heterocycles. The molecule has 0 radical (unpaired) electrons. The molecule has 2 aromatic rings. The Labute approximate surface area is 173 Å². The number of methoxy groups -OCH3 is 1. The van der Waals surface area contributed by atoms with E-state index in [1.807, 2.05) is 43.3 Å². The van der Waals surface area contributed by atoms with E-state index in [0.29, 0.717) is 17.9 Å². The number of hydrogen-bond donors (Lipinski definition) is 1. The van der Waals surface area contributed by atoms with Gasteiger partial charge in [-0.15, -0.1) is 0 Å². The second-order valence-electron chi connectivity index (χ2n) is 7.96. The van der Waals surface area contributed by atoms with E-state index in [0.717, 1.165) is 30.3 Å². The monoisotopic (exact) mass is 396 g/mol. The first-order chi connectivity index (χ1) is 14.0. The van der Waals surface area contributed by atoms with Crippen LogP contribution in [0, 0.1) is 5.92 Å². The number of aromatic nitrogens is 1. The van der Waals surface area contributed by atoms with Crippen LogP contribution < -0.4 is 15.0 Å². The van der Waals surface area contributed by atoms with Crippen molar-refractivity contribution in [2.24, 2.45) is 5.92 Å². The summed E-state index contributed by atoms with van der Waals surface area (Å²) in [6, 6.07) is 11.8. The molecule has 1 unspecified atom stereocenters. The molecule has 29 heavy (non-hydrogen) atoms. The average molecular weight is 397 g/mol. The number of rotatable bonds is 7. The Balaban J connectivity index is 1.81. The number of amides is 1. The van der Waals surface area contributed by atoms with Crippen LogP contribution in [0.4, 0.5) is 5.82 Å². The van der Waals surface area contributed by atoms with Gasteiger partial charge in [0, 0.05) is 32.4 Å². The molecule has 1 saturated heterocycles. The zero-order valence-electron chi connectivity index (χ0n) is 17.9. The summed E-state index contributed by atoms with van der Waals surface area (Å²) in [7, 11) is 5.49. The molecule has 3 rings (SSSR count).